The van der Waals surface area contributed by atoms with Crippen LogP contribution >= 0.6 is 11.3 Å². The molecule has 0 bridgehead atoms. The molecule has 0 N–H and O–H groups in total. The van der Waals surface area contributed by atoms with Crippen LogP contribution in [0, 0.1) is 5.82 Å². The van der Waals surface area contributed by atoms with Gasteiger partial charge in [0.2, 0.25) is 0 Å². The number of aromatic nitrogens is 1. The van der Waals surface area contributed by atoms with E-state index in [1.165, 1.54) is 28.2 Å². The summed E-state index contributed by atoms with van der Waals surface area (Å²) in [6.45, 7) is 0. The van der Waals surface area contributed by atoms with E-state index in [1.807, 2.05) is 29.6 Å². The molecular weight excluding hydrogens is 393 g/mol. The first-order chi connectivity index (χ1) is 13.5. The smallest absolute Gasteiger partial charge is 0.240 e. The van der Waals surface area contributed by atoms with Gasteiger partial charge in [0.25, 0.3) is 10.0 Å². The number of benzene rings is 3. The molecule has 2 heterocycles. The summed E-state index contributed by atoms with van der Waals surface area (Å²) in [5.41, 5.74) is 1.98. The fourth-order valence-electron chi connectivity index (χ4n) is 3.43. The average Bonchev–Trinajstić information content (AvgIpc) is 3.32. The van der Waals surface area contributed by atoms with E-state index in [2.05, 4.69) is 0 Å². The van der Waals surface area contributed by atoms with Gasteiger partial charge in [-0.05, 0) is 58.8 Å². The lowest BCUT2D eigenvalue weighted by Gasteiger charge is -2.07. The molecule has 0 aliphatic rings. The van der Waals surface area contributed by atoms with Gasteiger partial charge in [-0.2, -0.15) is 0 Å². The second-order valence-electron chi connectivity index (χ2n) is 6.49. The van der Waals surface area contributed by atoms with Gasteiger partial charge in [0, 0.05) is 21.8 Å². The molecular formula is C22H14FNO2S2. The number of fused-ring (bicyclic) bond motifs is 2. The minimum Gasteiger partial charge on any atom is -0.240 e. The van der Waals surface area contributed by atoms with E-state index in [-0.39, 0.29) is 4.90 Å². The second-order valence-corrected chi connectivity index (χ2v) is 9.25. The molecule has 2 aromatic heterocycles. The quantitative estimate of drug-likeness (QED) is 0.374. The Balaban J connectivity index is 1.80. The summed E-state index contributed by atoms with van der Waals surface area (Å²) in [6.07, 6.45) is 1.58. The first-order valence-electron chi connectivity index (χ1n) is 8.63. The molecule has 138 valence electrons. The van der Waals surface area contributed by atoms with Gasteiger partial charge in [-0.25, -0.2) is 16.8 Å². The Morgan fingerprint density at radius 3 is 2.54 bits per heavy atom. The first-order valence-corrected chi connectivity index (χ1v) is 10.9. The van der Waals surface area contributed by atoms with Crippen molar-refractivity contribution in [1.82, 2.24) is 3.97 Å². The van der Waals surface area contributed by atoms with Crippen LogP contribution in [0.15, 0.2) is 89.3 Å². The Labute approximate surface area is 165 Å². The number of hydrogen-bond acceptors (Lipinski definition) is 3. The fourth-order valence-corrected chi connectivity index (χ4v) is 5.64. The van der Waals surface area contributed by atoms with E-state index in [1.54, 1.807) is 41.8 Å². The summed E-state index contributed by atoms with van der Waals surface area (Å²) < 4.78 is 42.7. The lowest BCUT2D eigenvalue weighted by molar-refractivity contribution is 0.589. The van der Waals surface area contributed by atoms with Crippen molar-refractivity contribution in [2.75, 3.05) is 0 Å². The van der Waals surface area contributed by atoms with Crippen LogP contribution in [-0.4, -0.2) is 12.4 Å². The van der Waals surface area contributed by atoms with Crippen molar-refractivity contribution in [1.29, 1.82) is 0 Å². The molecule has 0 radical (unpaired) electrons. The van der Waals surface area contributed by atoms with Crippen molar-refractivity contribution in [3.8, 4) is 11.1 Å². The maximum absolute atomic E-state index is 14.0. The lowest BCUT2D eigenvalue weighted by atomic mass is 10.0. The minimum absolute atomic E-state index is 0.163. The third-order valence-corrected chi connectivity index (χ3v) is 7.37. The van der Waals surface area contributed by atoms with Gasteiger partial charge in [-0.15, -0.1) is 11.3 Å². The fraction of sp³-hybridized carbons (Fsp3) is 0. The molecule has 28 heavy (non-hydrogen) atoms. The van der Waals surface area contributed by atoms with Crippen molar-refractivity contribution in [3.63, 3.8) is 0 Å². The van der Waals surface area contributed by atoms with Crippen LogP contribution in [-0.2, 0) is 10.0 Å². The maximum Gasteiger partial charge on any atom is 0.268 e. The minimum atomic E-state index is -3.85. The predicted molar refractivity (Wildman–Crippen MR) is 112 cm³/mol. The van der Waals surface area contributed by atoms with Crippen LogP contribution in [0.1, 0.15) is 0 Å². The van der Waals surface area contributed by atoms with E-state index in [0.29, 0.717) is 10.9 Å². The molecule has 0 fully saturated rings. The molecule has 5 rings (SSSR count). The summed E-state index contributed by atoms with van der Waals surface area (Å²) in [5.74, 6) is -0.477. The Morgan fingerprint density at radius 2 is 1.71 bits per heavy atom. The number of thiophene rings is 1. The Kier molecular flexibility index (Phi) is 3.86. The zero-order valence-electron chi connectivity index (χ0n) is 14.5. The Hall–Kier alpha value is -2.96. The largest absolute Gasteiger partial charge is 0.268 e. The highest BCUT2D eigenvalue weighted by Crippen LogP contribution is 2.35. The van der Waals surface area contributed by atoms with Gasteiger partial charge in [-0.3, -0.25) is 0 Å². The summed E-state index contributed by atoms with van der Waals surface area (Å²) in [4.78, 5) is 0.163. The topological polar surface area (TPSA) is 39.1 Å². The molecule has 0 aliphatic heterocycles. The van der Waals surface area contributed by atoms with Crippen molar-refractivity contribution in [2.24, 2.45) is 0 Å². The van der Waals surface area contributed by atoms with E-state index < -0.39 is 15.8 Å². The molecule has 0 amide bonds. The molecule has 6 heteroatoms. The molecule has 0 spiro atoms. The van der Waals surface area contributed by atoms with E-state index in [4.69, 9.17) is 0 Å². The predicted octanol–water partition coefficient (Wildman–Crippen LogP) is 5.90. The monoisotopic (exact) mass is 407 g/mol. The molecule has 5 aromatic rings. The number of rotatable bonds is 3. The number of hydrogen-bond donors (Lipinski definition) is 0. The van der Waals surface area contributed by atoms with E-state index in [0.717, 1.165) is 21.2 Å². The third-order valence-electron chi connectivity index (χ3n) is 4.80. The summed E-state index contributed by atoms with van der Waals surface area (Å²) >= 11 is 1.63. The number of nitrogens with zero attached hydrogens (tertiary/aromatic N) is 1. The highest BCUT2D eigenvalue weighted by atomic mass is 32.2. The van der Waals surface area contributed by atoms with Crippen LogP contribution in [0.3, 0.4) is 0 Å². The van der Waals surface area contributed by atoms with Crippen molar-refractivity contribution >= 4 is 42.3 Å². The molecule has 3 nitrogen and oxygen atoms in total. The molecule has 3 aromatic carbocycles. The van der Waals surface area contributed by atoms with E-state index >= 15 is 0 Å². The highest BCUT2D eigenvalue weighted by Gasteiger charge is 2.22. The molecule has 0 saturated carbocycles. The van der Waals surface area contributed by atoms with Crippen LogP contribution in [0.2, 0.25) is 0 Å². The summed E-state index contributed by atoms with van der Waals surface area (Å²) in [5, 5.41) is 3.85. The van der Waals surface area contributed by atoms with Crippen LogP contribution in [0.25, 0.3) is 32.1 Å². The van der Waals surface area contributed by atoms with Gasteiger partial charge < -0.3 is 0 Å². The highest BCUT2D eigenvalue weighted by molar-refractivity contribution is 7.90. The standard InChI is InChI=1S/C22H14FNO2S2/c23-17-8-9-19-20(16-7-6-15-10-11-27-22(15)12-16)14-24(21(19)13-17)28(25,26)18-4-2-1-3-5-18/h1-14H. The van der Waals surface area contributed by atoms with Crippen molar-refractivity contribution in [2.45, 2.75) is 4.90 Å². The van der Waals surface area contributed by atoms with Gasteiger partial charge >= 0.3 is 0 Å². The Morgan fingerprint density at radius 1 is 0.893 bits per heavy atom. The van der Waals surface area contributed by atoms with E-state index in [9.17, 15) is 12.8 Å². The summed E-state index contributed by atoms with van der Waals surface area (Å²) in [6, 6.07) is 20.5. The molecule has 0 saturated heterocycles. The molecule has 0 unspecified atom stereocenters. The zero-order valence-corrected chi connectivity index (χ0v) is 16.2. The normalized spacial score (nSPS) is 12.0. The van der Waals surface area contributed by atoms with Gasteiger partial charge in [0.15, 0.2) is 0 Å². The lowest BCUT2D eigenvalue weighted by Crippen LogP contribution is -2.11. The van der Waals surface area contributed by atoms with Crippen LogP contribution in [0.5, 0.6) is 0 Å². The summed E-state index contributed by atoms with van der Waals surface area (Å²) in [7, 11) is -3.85. The molecule has 0 atom stereocenters. The zero-order chi connectivity index (χ0) is 19.3. The SMILES string of the molecule is O=S(=O)(c1ccccc1)n1cc(-c2ccc3ccsc3c2)c2ccc(F)cc21. The van der Waals surface area contributed by atoms with Crippen LogP contribution < -0.4 is 0 Å². The maximum atomic E-state index is 14.0. The first kappa shape index (κ1) is 17.2. The van der Waals surface area contributed by atoms with Crippen LogP contribution in [0.4, 0.5) is 4.39 Å². The van der Waals surface area contributed by atoms with Gasteiger partial charge in [0.05, 0.1) is 10.4 Å². The van der Waals surface area contributed by atoms with Gasteiger partial charge in [-0.1, -0.05) is 30.3 Å². The molecule has 0 aliphatic carbocycles. The van der Waals surface area contributed by atoms with Crippen molar-refractivity contribution < 1.29 is 12.8 Å². The Bertz CT molecular complexity index is 1430. The van der Waals surface area contributed by atoms with Crippen molar-refractivity contribution in [3.05, 3.63) is 90.2 Å². The van der Waals surface area contributed by atoms with Gasteiger partial charge in [0.1, 0.15) is 5.82 Å². The average molecular weight is 407 g/mol. The number of halogens is 1. The third kappa shape index (κ3) is 2.65. The second kappa shape index (κ2) is 6.29.